The molecule has 3 nitrogen and oxygen atoms in total. The van der Waals surface area contributed by atoms with Crippen molar-refractivity contribution in [3.05, 3.63) is 24.3 Å². The first-order valence-corrected chi connectivity index (χ1v) is 6.12. The molecule has 1 aliphatic rings. The highest BCUT2D eigenvalue weighted by Crippen LogP contribution is 2.38. The lowest BCUT2D eigenvalue weighted by Gasteiger charge is -2.31. The number of para-hydroxylation sites is 1. The van der Waals surface area contributed by atoms with E-state index in [1.807, 2.05) is 31.2 Å². The van der Waals surface area contributed by atoms with Crippen molar-refractivity contribution in [1.29, 1.82) is 0 Å². The fourth-order valence-corrected chi connectivity index (χ4v) is 2.84. The second-order valence-corrected chi connectivity index (χ2v) is 5.06. The van der Waals surface area contributed by atoms with E-state index >= 15 is 0 Å². The van der Waals surface area contributed by atoms with Crippen molar-refractivity contribution in [2.75, 3.05) is 11.4 Å². The molecule has 0 N–H and O–H groups in total. The summed E-state index contributed by atoms with van der Waals surface area (Å²) in [5.41, 5.74) is 0.928. The van der Waals surface area contributed by atoms with Crippen molar-refractivity contribution in [2.24, 2.45) is 0 Å². The van der Waals surface area contributed by atoms with Crippen molar-refractivity contribution < 1.29 is 9.59 Å². The van der Waals surface area contributed by atoms with Crippen LogP contribution in [0.25, 0.3) is 0 Å². The minimum absolute atomic E-state index is 0.0680. The van der Waals surface area contributed by atoms with Gasteiger partial charge in [-0.05, 0) is 19.1 Å². The maximum atomic E-state index is 12.0. The summed E-state index contributed by atoms with van der Waals surface area (Å²) in [4.78, 5) is 25.2. The molecule has 84 valence electrons. The third-order valence-electron chi connectivity index (χ3n) is 2.54. The highest BCUT2D eigenvalue weighted by Gasteiger charge is 2.29. The van der Waals surface area contributed by atoms with Crippen molar-refractivity contribution in [2.45, 2.75) is 23.5 Å². The molecule has 0 saturated carbocycles. The van der Waals surface area contributed by atoms with Crippen molar-refractivity contribution in [3.63, 3.8) is 0 Å². The standard InChI is InChI=1S/C12H13NO2S/c1-9-12(15)13(7-4-8-14)10-5-2-3-6-11(10)16-9/h2-3,5-6,8-9H,4,7H2,1H3. The molecule has 1 aromatic rings. The zero-order chi connectivity index (χ0) is 11.5. The van der Waals surface area contributed by atoms with E-state index in [0.29, 0.717) is 13.0 Å². The van der Waals surface area contributed by atoms with Crippen LogP contribution < -0.4 is 4.90 Å². The molecule has 0 spiro atoms. The first-order valence-electron chi connectivity index (χ1n) is 5.24. The number of benzene rings is 1. The Bertz CT molecular complexity index is 419. The first kappa shape index (κ1) is 11.2. The minimum Gasteiger partial charge on any atom is -0.310 e. The number of rotatable bonds is 3. The first-order chi connectivity index (χ1) is 7.74. The fourth-order valence-electron chi connectivity index (χ4n) is 1.77. The molecule has 0 saturated heterocycles. The topological polar surface area (TPSA) is 37.4 Å². The van der Waals surface area contributed by atoms with Crippen LogP contribution in [0.4, 0.5) is 5.69 Å². The smallest absolute Gasteiger partial charge is 0.240 e. The molecule has 2 rings (SSSR count). The summed E-state index contributed by atoms with van der Waals surface area (Å²) in [5.74, 6) is 0.0885. The van der Waals surface area contributed by atoms with E-state index in [1.54, 1.807) is 16.7 Å². The minimum atomic E-state index is -0.0680. The van der Waals surface area contributed by atoms with Gasteiger partial charge in [0.1, 0.15) is 6.29 Å². The molecule has 1 atom stereocenters. The number of carbonyl (C=O) groups is 2. The average Bonchev–Trinajstić information content (AvgIpc) is 2.30. The molecule has 1 heterocycles. The van der Waals surface area contributed by atoms with Gasteiger partial charge in [-0.15, -0.1) is 11.8 Å². The molecule has 0 radical (unpaired) electrons. The molecular weight excluding hydrogens is 222 g/mol. The Morgan fingerprint density at radius 2 is 2.19 bits per heavy atom. The van der Waals surface area contributed by atoms with E-state index in [4.69, 9.17) is 0 Å². The molecule has 4 heteroatoms. The SMILES string of the molecule is CC1Sc2ccccc2N(CCC=O)C1=O. The van der Waals surface area contributed by atoms with Gasteiger partial charge in [-0.1, -0.05) is 12.1 Å². The van der Waals surface area contributed by atoms with Crippen LogP contribution in [0.2, 0.25) is 0 Å². The van der Waals surface area contributed by atoms with Gasteiger partial charge in [0.2, 0.25) is 5.91 Å². The van der Waals surface area contributed by atoms with E-state index in [0.717, 1.165) is 16.9 Å². The van der Waals surface area contributed by atoms with Crippen LogP contribution in [-0.2, 0) is 9.59 Å². The number of nitrogens with zero attached hydrogens (tertiary/aromatic N) is 1. The Kier molecular flexibility index (Phi) is 3.29. The maximum Gasteiger partial charge on any atom is 0.240 e. The molecular formula is C12H13NO2S. The summed E-state index contributed by atoms with van der Waals surface area (Å²) < 4.78 is 0. The normalized spacial score (nSPS) is 19.4. The van der Waals surface area contributed by atoms with E-state index in [-0.39, 0.29) is 11.2 Å². The molecule has 0 fully saturated rings. The predicted molar refractivity (Wildman–Crippen MR) is 64.8 cm³/mol. The molecule has 1 aliphatic heterocycles. The van der Waals surface area contributed by atoms with Gasteiger partial charge in [-0.25, -0.2) is 0 Å². The second kappa shape index (κ2) is 4.70. The summed E-state index contributed by atoms with van der Waals surface area (Å²) in [5, 5.41) is -0.0680. The quantitative estimate of drug-likeness (QED) is 0.753. The summed E-state index contributed by atoms with van der Waals surface area (Å²) in [7, 11) is 0. The van der Waals surface area contributed by atoms with Crippen molar-refractivity contribution >= 4 is 29.6 Å². The Morgan fingerprint density at radius 1 is 1.44 bits per heavy atom. The molecule has 16 heavy (non-hydrogen) atoms. The number of carbonyl (C=O) groups excluding carboxylic acids is 2. The predicted octanol–water partition coefficient (Wildman–Crippen LogP) is 2.10. The summed E-state index contributed by atoms with van der Waals surface area (Å²) in [6.07, 6.45) is 1.24. The molecule has 1 unspecified atom stereocenters. The van der Waals surface area contributed by atoms with Crippen LogP contribution in [0.3, 0.4) is 0 Å². The van der Waals surface area contributed by atoms with Gasteiger partial charge in [0.15, 0.2) is 0 Å². The van der Waals surface area contributed by atoms with Gasteiger partial charge in [0.05, 0.1) is 10.9 Å². The lowest BCUT2D eigenvalue weighted by molar-refractivity contribution is -0.118. The third-order valence-corrected chi connectivity index (χ3v) is 3.70. The zero-order valence-corrected chi connectivity index (χ0v) is 9.87. The van der Waals surface area contributed by atoms with Crippen LogP contribution in [-0.4, -0.2) is 24.0 Å². The van der Waals surface area contributed by atoms with Crippen molar-refractivity contribution in [3.8, 4) is 0 Å². The fraction of sp³-hybridized carbons (Fsp3) is 0.333. The molecule has 1 aromatic carbocycles. The highest BCUT2D eigenvalue weighted by atomic mass is 32.2. The lowest BCUT2D eigenvalue weighted by Crippen LogP contribution is -2.40. The van der Waals surface area contributed by atoms with E-state index in [2.05, 4.69) is 0 Å². The number of hydrogen-bond donors (Lipinski definition) is 0. The number of amides is 1. The van der Waals surface area contributed by atoms with E-state index < -0.39 is 0 Å². The third kappa shape index (κ3) is 1.97. The number of anilines is 1. The second-order valence-electron chi connectivity index (χ2n) is 3.67. The van der Waals surface area contributed by atoms with Gasteiger partial charge in [0, 0.05) is 17.9 Å². The molecule has 0 bridgehead atoms. The monoisotopic (exact) mass is 235 g/mol. The Hall–Kier alpha value is -1.29. The Balaban J connectivity index is 2.33. The lowest BCUT2D eigenvalue weighted by atomic mass is 10.2. The molecule has 1 amide bonds. The van der Waals surface area contributed by atoms with Gasteiger partial charge < -0.3 is 9.69 Å². The van der Waals surface area contributed by atoms with Crippen LogP contribution in [0.15, 0.2) is 29.2 Å². The summed E-state index contributed by atoms with van der Waals surface area (Å²) in [6, 6.07) is 7.82. The number of hydrogen-bond acceptors (Lipinski definition) is 3. The molecule has 0 aromatic heterocycles. The van der Waals surface area contributed by atoms with Crippen LogP contribution in [0.5, 0.6) is 0 Å². The van der Waals surface area contributed by atoms with Crippen molar-refractivity contribution in [1.82, 2.24) is 0 Å². The van der Waals surface area contributed by atoms with Gasteiger partial charge in [-0.2, -0.15) is 0 Å². The van der Waals surface area contributed by atoms with Gasteiger partial charge in [-0.3, -0.25) is 4.79 Å². The Labute approximate surface area is 98.8 Å². The maximum absolute atomic E-state index is 12.0. The van der Waals surface area contributed by atoms with E-state index in [1.165, 1.54) is 0 Å². The van der Waals surface area contributed by atoms with Crippen LogP contribution >= 0.6 is 11.8 Å². The average molecular weight is 235 g/mol. The largest absolute Gasteiger partial charge is 0.310 e. The number of aldehydes is 1. The highest BCUT2D eigenvalue weighted by molar-refractivity contribution is 8.00. The molecule has 0 aliphatic carbocycles. The summed E-state index contributed by atoms with van der Waals surface area (Å²) in [6.45, 7) is 2.38. The van der Waals surface area contributed by atoms with E-state index in [9.17, 15) is 9.59 Å². The van der Waals surface area contributed by atoms with Gasteiger partial charge in [0.25, 0.3) is 0 Å². The van der Waals surface area contributed by atoms with Gasteiger partial charge >= 0.3 is 0 Å². The summed E-state index contributed by atoms with van der Waals surface area (Å²) >= 11 is 1.58. The van der Waals surface area contributed by atoms with Crippen LogP contribution in [0.1, 0.15) is 13.3 Å². The zero-order valence-electron chi connectivity index (χ0n) is 9.05. The number of fused-ring (bicyclic) bond motifs is 1. The Morgan fingerprint density at radius 3 is 2.94 bits per heavy atom. The number of thioether (sulfide) groups is 1. The van der Waals surface area contributed by atoms with Crippen LogP contribution in [0, 0.1) is 0 Å².